The molecule has 0 radical (unpaired) electrons. The van der Waals surface area contributed by atoms with Crippen molar-refractivity contribution in [2.24, 2.45) is 0 Å². The molecule has 0 saturated carbocycles. The van der Waals surface area contributed by atoms with E-state index in [0.717, 1.165) is 12.8 Å². The highest BCUT2D eigenvalue weighted by Crippen LogP contribution is 2.31. The quantitative estimate of drug-likeness (QED) is 0.865. The van der Waals surface area contributed by atoms with Crippen LogP contribution in [-0.4, -0.2) is 41.9 Å². The van der Waals surface area contributed by atoms with Crippen LogP contribution >= 0.6 is 0 Å². The molecule has 2 aliphatic heterocycles. The van der Waals surface area contributed by atoms with E-state index in [9.17, 15) is 14.4 Å². The largest absolute Gasteiger partial charge is 0.341 e. The molecule has 3 rings (SSSR count). The van der Waals surface area contributed by atoms with Crippen molar-refractivity contribution in [3.63, 3.8) is 0 Å². The van der Waals surface area contributed by atoms with Gasteiger partial charge in [0.1, 0.15) is 6.04 Å². The standard InChI is InChI=1S/C18H23N3O3/c1-11-3-4-12(2)14(9-11)13-5-7-21(8-6-13)17(23)15-10-16(22)20-18(24)19-15/h3-4,9,13,15H,5-8,10H2,1-2H3,(H2,19,20,22,24)/t15-/m0/s1. The number of benzene rings is 1. The Bertz CT molecular complexity index is 662. The van der Waals surface area contributed by atoms with Crippen LogP contribution in [0.1, 0.15) is 41.9 Å². The molecule has 0 bridgehead atoms. The number of aryl methyl sites for hydroxylation is 2. The van der Waals surface area contributed by atoms with Crippen molar-refractivity contribution in [3.8, 4) is 0 Å². The van der Waals surface area contributed by atoms with Gasteiger partial charge in [-0.3, -0.25) is 14.9 Å². The summed E-state index contributed by atoms with van der Waals surface area (Å²) in [6.45, 7) is 5.54. The number of urea groups is 1. The zero-order chi connectivity index (χ0) is 17.3. The molecular formula is C18H23N3O3. The Labute approximate surface area is 141 Å². The number of piperidine rings is 1. The van der Waals surface area contributed by atoms with Crippen LogP contribution < -0.4 is 10.6 Å². The third-order valence-corrected chi connectivity index (χ3v) is 4.93. The van der Waals surface area contributed by atoms with E-state index < -0.39 is 18.0 Å². The molecule has 0 unspecified atom stereocenters. The van der Waals surface area contributed by atoms with Crippen LogP contribution in [-0.2, 0) is 9.59 Å². The smallest absolute Gasteiger partial charge is 0.322 e. The van der Waals surface area contributed by atoms with Crippen LogP contribution in [0.15, 0.2) is 18.2 Å². The fraction of sp³-hybridized carbons (Fsp3) is 0.500. The lowest BCUT2D eigenvalue weighted by molar-refractivity contribution is -0.137. The normalized spacial score (nSPS) is 22.1. The zero-order valence-electron chi connectivity index (χ0n) is 14.1. The summed E-state index contributed by atoms with van der Waals surface area (Å²) < 4.78 is 0. The maximum absolute atomic E-state index is 12.5. The van der Waals surface area contributed by atoms with Crippen molar-refractivity contribution in [3.05, 3.63) is 34.9 Å². The first-order valence-electron chi connectivity index (χ1n) is 8.40. The van der Waals surface area contributed by atoms with Gasteiger partial charge in [0.15, 0.2) is 0 Å². The Hall–Kier alpha value is -2.37. The number of likely N-dealkylation sites (tertiary alicyclic amines) is 1. The Balaban J connectivity index is 1.62. The van der Waals surface area contributed by atoms with Gasteiger partial charge in [0.05, 0.1) is 6.42 Å². The molecule has 2 fully saturated rings. The first-order valence-corrected chi connectivity index (χ1v) is 8.40. The summed E-state index contributed by atoms with van der Waals surface area (Å²) in [6, 6.07) is 5.19. The van der Waals surface area contributed by atoms with Gasteiger partial charge in [-0.15, -0.1) is 0 Å². The number of carbonyl (C=O) groups is 3. The Kier molecular flexibility index (Phi) is 4.55. The molecule has 128 valence electrons. The molecule has 2 N–H and O–H groups in total. The van der Waals surface area contributed by atoms with Crippen molar-refractivity contribution in [2.75, 3.05) is 13.1 Å². The van der Waals surface area contributed by atoms with E-state index in [4.69, 9.17) is 0 Å². The Morgan fingerprint density at radius 3 is 2.54 bits per heavy atom. The molecule has 2 heterocycles. The molecule has 1 atom stereocenters. The van der Waals surface area contributed by atoms with E-state index in [0.29, 0.717) is 19.0 Å². The summed E-state index contributed by atoms with van der Waals surface area (Å²) in [4.78, 5) is 37.1. The van der Waals surface area contributed by atoms with Crippen LogP contribution in [0.5, 0.6) is 0 Å². The first-order chi connectivity index (χ1) is 11.4. The highest BCUT2D eigenvalue weighted by atomic mass is 16.2. The van der Waals surface area contributed by atoms with E-state index in [1.807, 2.05) is 0 Å². The van der Waals surface area contributed by atoms with Gasteiger partial charge in [-0.25, -0.2) is 4.79 Å². The second-order valence-corrected chi connectivity index (χ2v) is 6.74. The molecule has 2 aliphatic rings. The maximum Gasteiger partial charge on any atom is 0.322 e. The van der Waals surface area contributed by atoms with Gasteiger partial charge in [0.2, 0.25) is 11.8 Å². The summed E-state index contributed by atoms with van der Waals surface area (Å²) in [7, 11) is 0. The fourth-order valence-corrected chi connectivity index (χ4v) is 3.59. The van der Waals surface area contributed by atoms with E-state index in [1.54, 1.807) is 4.90 Å². The second kappa shape index (κ2) is 6.63. The highest BCUT2D eigenvalue weighted by molar-refractivity contribution is 6.02. The number of nitrogens with zero attached hydrogens (tertiary/aromatic N) is 1. The summed E-state index contributed by atoms with van der Waals surface area (Å²) in [6.07, 6.45) is 1.83. The third-order valence-electron chi connectivity index (χ3n) is 4.93. The van der Waals surface area contributed by atoms with Crippen molar-refractivity contribution < 1.29 is 14.4 Å². The maximum atomic E-state index is 12.5. The van der Waals surface area contributed by atoms with E-state index in [1.165, 1.54) is 16.7 Å². The zero-order valence-corrected chi connectivity index (χ0v) is 14.1. The predicted octanol–water partition coefficient (Wildman–Crippen LogP) is 1.61. The van der Waals surface area contributed by atoms with Crippen molar-refractivity contribution in [2.45, 2.75) is 45.1 Å². The van der Waals surface area contributed by atoms with Gasteiger partial charge >= 0.3 is 6.03 Å². The number of hydrogen-bond donors (Lipinski definition) is 2. The number of carbonyl (C=O) groups excluding carboxylic acids is 3. The van der Waals surface area contributed by atoms with Gasteiger partial charge in [-0.1, -0.05) is 23.8 Å². The summed E-state index contributed by atoms with van der Waals surface area (Å²) in [5.41, 5.74) is 3.92. The second-order valence-electron chi connectivity index (χ2n) is 6.74. The third kappa shape index (κ3) is 3.42. The van der Waals surface area contributed by atoms with Crippen LogP contribution in [0.4, 0.5) is 4.79 Å². The average molecular weight is 329 g/mol. The molecule has 0 spiro atoms. The molecule has 1 aromatic carbocycles. The van der Waals surface area contributed by atoms with Crippen LogP contribution in [0.2, 0.25) is 0 Å². The number of imide groups is 1. The minimum Gasteiger partial charge on any atom is -0.341 e. The van der Waals surface area contributed by atoms with Gasteiger partial charge in [-0.2, -0.15) is 0 Å². The molecule has 6 heteroatoms. The molecule has 1 aromatic rings. The lowest BCUT2D eigenvalue weighted by Gasteiger charge is -2.35. The number of hydrogen-bond acceptors (Lipinski definition) is 3. The number of nitrogens with one attached hydrogen (secondary N) is 2. The Morgan fingerprint density at radius 1 is 1.17 bits per heavy atom. The Morgan fingerprint density at radius 2 is 1.88 bits per heavy atom. The van der Waals surface area contributed by atoms with Gasteiger partial charge in [-0.05, 0) is 43.7 Å². The molecule has 6 nitrogen and oxygen atoms in total. The van der Waals surface area contributed by atoms with Crippen LogP contribution in [0, 0.1) is 13.8 Å². The minimum atomic E-state index is -0.733. The monoisotopic (exact) mass is 329 g/mol. The fourth-order valence-electron chi connectivity index (χ4n) is 3.59. The van der Waals surface area contributed by atoms with Crippen LogP contribution in [0.3, 0.4) is 0 Å². The average Bonchev–Trinajstić information content (AvgIpc) is 2.56. The summed E-state index contributed by atoms with van der Waals surface area (Å²) >= 11 is 0. The van der Waals surface area contributed by atoms with Crippen molar-refractivity contribution in [1.29, 1.82) is 0 Å². The summed E-state index contributed by atoms with van der Waals surface area (Å²) in [5.74, 6) is -0.0989. The molecule has 4 amide bonds. The first kappa shape index (κ1) is 16.5. The van der Waals surface area contributed by atoms with Gasteiger partial charge in [0.25, 0.3) is 0 Å². The molecule has 0 aliphatic carbocycles. The lowest BCUT2D eigenvalue weighted by atomic mass is 9.86. The van der Waals surface area contributed by atoms with E-state index >= 15 is 0 Å². The van der Waals surface area contributed by atoms with Crippen molar-refractivity contribution >= 4 is 17.8 Å². The minimum absolute atomic E-state index is 0.0154. The van der Waals surface area contributed by atoms with Gasteiger partial charge in [0, 0.05) is 13.1 Å². The molecule has 0 aromatic heterocycles. The van der Waals surface area contributed by atoms with E-state index in [2.05, 4.69) is 42.7 Å². The SMILES string of the molecule is Cc1ccc(C)c(C2CCN(C(=O)[C@@H]3CC(=O)NC(=O)N3)CC2)c1. The van der Waals surface area contributed by atoms with E-state index in [-0.39, 0.29) is 12.3 Å². The van der Waals surface area contributed by atoms with Crippen LogP contribution in [0.25, 0.3) is 0 Å². The molecule has 2 saturated heterocycles. The van der Waals surface area contributed by atoms with Gasteiger partial charge < -0.3 is 10.2 Å². The molecule has 24 heavy (non-hydrogen) atoms. The number of amides is 4. The summed E-state index contributed by atoms with van der Waals surface area (Å²) in [5, 5.41) is 4.69. The molecular weight excluding hydrogens is 306 g/mol. The van der Waals surface area contributed by atoms with Crippen molar-refractivity contribution in [1.82, 2.24) is 15.5 Å². The highest BCUT2D eigenvalue weighted by Gasteiger charge is 2.34. The lowest BCUT2D eigenvalue weighted by Crippen LogP contribution is -2.58. The number of rotatable bonds is 2. The topological polar surface area (TPSA) is 78.5 Å². The predicted molar refractivity (Wildman–Crippen MR) is 89.6 cm³/mol.